The fourth-order valence-corrected chi connectivity index (χ4v) is 3.47. The summed E-state index contributed by atoms with van der Waals surface area (Å²) in [5, 5.41) is 4.31. The minimum atomic E-state index is -0.327. The van der Waals surface area contributed by atoms with Gasteiger partial charge in [0.1, 0.15) is 0 Å². The van der Waals surface area contributed by atoms with Crippen molar-refractivity contribution in [2.75, 3.05) is 26.3 Å². The van der Waals surface area contributed by atoms with Gasteiger partial charge in [-0.2, -0.15) is 5.10 Å². The van der Waals surface area contributed by atoms with Crippen molar-refractivity contribution in [2.45, 2.75) is 44.1 Å². The molecule has 6 nitrogen and oxygen atoms in total. The molecule has 21 heavy (non-hydrogen) atoms. The second-order valence-electron chi connectivity index (χ2n) is 6.11. The van der Waals surface area contributed by atoms with Gasteiger partial charge in [0.05, 0.1) is 25.5 Å². The molecule has 3 rings (SSSR count). The fourth-order valence-electron chi connectivity index (χ4n) is 3.47. The zero-order valence-corrected chi connectivity index (χ0v) is 13.0. The van der Waals surface area contributed by atoms with Crippen LogP contribution in [0.25, 0.3) is 0 Å². The lowest BCUT2D eigenvalue weighted by Gasteiger charge is -2.42. The van der Waals surface area contributed by atoms with Gasteiger partial charge in [0.15, 0.2) is 5.79 Å². The molecule has 1 spiro atoms. The van der Waals surface area contributed by atoms with E-state index in [9.17, 15) is 0 Å². The summed E-state index contributed by atoms with van der Waals surface area (Å²) in [5.41, 5.74) is 7.60. The number of ether oxygens (including phenoxy) is 2. The van der Waals surface area contributed by atoms with Gasteiger partial charge >= 0.3 is 0 Å². The van der Waals surface area contributed by atoms with Gasteiger partial charge in [-0.15, -0.1) is 0 Å². The zero-order valence-electron chi connectivity index (χ0n) is 13.0. The molecule has 0 bridgehead atoms. The summed E-state index contributed by atoms with van der Waals surface area (Å²) in [5.74, 6) is -0.327. The van der Waals surface area contributed by atoms with Crippen LogP contribution in [0.5, 0.6) is 0 Å². The summed E-state index contributed by atoms with van der Waals surface area (Å²) in [6, 6.07) is 0.344. The Balaban J connectivity index is 1.72. The number of hydrogen-bond donors (Lipinski definition) is 1. The second kappa shape index (κ2) is 6.04. The van der Waals surface area contributed by atoms with Gasteiger partial charge in [0.2, 0.25) is 0 Å². The van der Waals surface area contributed by atoms with E-state index in [0.717, 1.165) is 45.6 Å². The van der Waals surface area contributed by atoms with Crippen LogP contribution in [-0.4, -0.2) is 52.8 Å². The molecule has 0 aliphatic carbocycles. The molecule has 6 heteroatoms. The molecule has 2 N–H and O–H groups in total. The molecule has 2 saturated heterocycles. The molecule has 1 aromatic rings. The smallest absolute Gasteiger partial charge is 0.170 e. The average Bonchev–Trinajstić information content (AvgIpc) is 3.11. The molecule has 0 amide bonds. The molecule has 1 aromatic heterocycles. The normalized spacial score (nSPS) is 25.3. The summed E-state index contributed by atoms with van der Waals surface area (Å²) >= 11 is 0. The lowest BCUT2D eigenvalue weighted by molar-refractivity contribution is -0.188. The third-order valence-corrected chi connectivity index (χ3v) is 4.71. The molecule has 118 valence electrons. The lowest BCUT2D eigenvalue weighted by Crippen LogP contribution is -2.50. The molecule has 0 saturated carbocycles. The van der Waals surface area contributed by atoms with Crippen LogP contribution in [0, 0.1) is 0 Å². The quantitative estimate of drug-likeness (QED) is 0.899. The minimum absolute atomic E-state index is 0.119. The monoisotopic (exact) mass is 294 g/mol. The van der Waals surface area contributed by atoms with E-state index in [1.165, 1.54) is 5.56 Å². The van der Waals surface area contributed by atoms with E-state index in [2.05, 4.69) is 23.1 Å². The molecule has 0 aromatic carbocycles. The first-order valence-corrected chi connectivity index (χ1v) is 7.90. The SMILES string of the molecule is CCC(N)C(c1cnn(C)c1)N1CCC2(CC1)OCCO2. The maximum atomic E-state index is 6.39. The summed E-state index contributed by atoms with van der Waals surface area (Å²) in [4.78, 5) is 2.46. The predicted molar refractivity (Wildman–Crippen MR) is 79.7 cm³/mol. The Labute approximate surface area is 126 Å². The second-order valence-corrected chi connectivity index (χ2v) is 6.11. The number of aromatic nitrogens is 2. The summed E-state index contributed by atoms with van der Waals surface area (Å²) < 4.78 is 13.5. The van der Waals surface area contributed by atoms with E-state index in [0.29, 0.717) is 0 Å². The van der Waals surface area contributed by atoms with Crippen LogP contribution in [0.15, 0.2) is 12.4 Å². The summed E-state index contributed by atoms with van der Waals surface area (Å²) in [6.45, 7) is 5.49. The van der Waals surface area contributed by atoms with E-state index in [1.807, 2.05) is 17.9 Å². The van der Waals surface area contributed by atoms with E-state index in [-0.39, 0.29) is 17.9 Å². The summed E-state index contributed by atoms with van der Waals surface area (Å²) in [7, 11) is 1.95. The molecule has 3 heterocycles. The Morgan fingerprint density at radius 3 is 2.52 bits per heavy atom. The molecule has 2 aliphatic heterocycles. The third kappa shape index (κ3) is 2.99. The first kappa shape index (κ1) is 15.0. The van der Waals surface area contributed by atoms with E-state index in [1.54, 1.807) is 0 Å². The van der Waals surface area contributed by atoms with Crippen molar-refractivity contribution >= 4 is 0 Å². The zero-order chi connectivity index (χ0) is 14.9. The highest BCUT2D eigenvalue weighted by atomic mass is 16.7. The molecule has 2 aliphatic rings. The number of nitrogens with zero attached hydrogens (tertiary/aromatic N) is 3. The Hall–Kier alpha value is -0.950. The first-order valence-electron chi connectivity index (χ1n) is 7.90. The van der Waals surface area contributed by atoms with Gasteiger partial charge in [-0.05, 0) is 6.42 Å². The van der Waals surface area contributed by atoms with Gasteiger partial charge in [0.25, 0.3) is 0 Å². The van der Waals surface area contributed by atoms with Crippen molar-refractivity contribution < 1.29 is 9.47 Å². The predicted octanol–water partition coefficient (Wildman–Crippen LogP) is 1.04. The van der Waals surface area contributed by atoms with Crippen LogP contribution in [0.3, 0.4) is 0 Å². The minimum Gasteiger partial charge on any atom is -0.347 e. The van der Waals surface area contributed by atoms with Crippen molar-refractivity contribution in [3.05, 3.63) is 18.0 Å². The highest BCUT2D eigenvalue weighted by Crippen LogP contribution is 2.35. The largest absolute Gasteiger partial charge is 0.347 e. The van der Waals surface area contributed by atoms with Gasteiger partial charge < -0.3 is 15.2 Å². The van der Waals surface area contributed by atoms with E-state index < -0.39 is 0 Å². The third-order valence-electron chi connectivity index (χ3n) is 4.71. The average molecular weight is 294 g/mol. The first-order chi connectivity index (χ1) is 10.1. The van der Waals surface area contributed by atoms with Gasteiger partial charge in [-0.25, -0.2) is 0 Å². The number of piperidine rings is 1. The number of rotatable bonds is 4. The maximum Gasteiger partial charge on any atom is 0.170 e. The number of hydrogen-bond acceptors (Lipinski definition) is 5. The Morgan fingerprint density at radius 2 is 2.00 bits per heavy atom. The van der Waals surface area contributed by atoms with Gasteiger partial charge in [-0.3, -0.25) is 9.58 Å². The van der Waals surface area contributed by atoms with Crippen LogP contribution in [-0.2, 0) is 16.5 Å². The highest BCUT2D eigenvalue weighted by molar-refractivity contribution is 5.14. The lowest BCUT2D eigenvalue weighted by atomic mass is 9.94. The Morgan fingerprint density at radius 1 is 1.33 bits per heavy atom. The highest BCUT2D eigenvalue weighted by Gasteiger charge is 2.42. The number of likely N-dealkylation sites (tertiary alicyclic amines) is 1. The van der Waals surface area contributed by atoms with Crippen molar-refractivity contribution in [3.8, 4) is 0 Å². The molecular formula is C15H26N4O2. The molecule has 2 fully saturated rings. The van der Waals surface area contributed by atoms with Crippen LogP contribution in [0.2, 0.25) is 0 Å². The molecule has 2 atom stereocenters. The van der Waals surface area contributed by atoms with Crippen molar-refractivity contribution in [3.63, 3.8) is 0 Å². The van der Waals surface area contributed by atoms with Crippen LogP contribution >= 0.6 is 0 Å². The van der Waals surface area contributed by atoms with Crippen molar-refractivity contribution in [1.29, 1.82) is 0 Å². The van der Waals surface area contributed by atoms with Crippen molar-refractivity contribution in [2.24, 2.45) is 12.8 Å². The van der Waals surface area contributed by atoms with E-state index in [4.69, 9.17) is 15.2 Å². The Kier molecular flexibility index (Phi) is 4.31. The molecule has 0 radical (unpaired) electrons. The van der Waals surface area contributed by atoms with Crippen LogP contribution in [0.1, 0.15) is 37.8 Å². The van der Waals surface area contributed by atoms with Crippen molar-refractivity contribution in [1.82, 2.24) is 14.7 Å². The summed E-state index contributed by atoms with van der Waals surface area (Å²) in [6.07, 6.45) is 6.80. The number of nitrogens with two attached hydrogens (primary N) is 1. The maximum absolute atomic E-state index is 6.39. The molecule has 2 unspecified atom stereocenters. The number of aryl methyl sites for hydroxylation is 1. The van der Waals surface area contributed by atoms with Gasteiger partial charge in [-0.1, -0.05) is 6.92 Å². The van der Waals surface area contributed by atoms with Gasteiger partial charge in [0, 0.05) is 50.8 Å². The van der Waals surface area contributed by atoms with E-state index >= 15 is 0 Å². The van der Waals surface area contributed by atoms with Crippen LogP contribution < -0.4 is 5.73 Å². The standard InChI is InChI=1S/C15H26N4O2/c1-3-13(16)14(12-10-17-18(2)11-12)19-6-4-15(5-7-19)20-8-9-21-15/h10-11,13-14H,3-9,16H2,1-2H3. The van der Waals surface area contributed by atoms with Crippen LogP contribution in [0.4, 0.5) is 0 Å². The topological polar surface area (TPSA) is 65.5 Å². The fraction of sp³-hybridized carbons (Fsp3) is 0.800. The Bertz CT molecular complexity index is 460. The molecular weight excluding hydrogens is 268 g/mol.